The van der Waals surface area contributed by atoms with Crippen molar-refractivity contribution in [3.63, 3.8) is 0 Å². The van der Waals surface area contributed by atoms with Gasteiger partial charge in [-0.1, -0.05) is 133 Å². The number of fused-ring (bicyclic) bond motifs is 9. The van der Waals surface area contributed by atoms with Gasteiger partial charge in [-0.15, -0.1) is 11.3 Å². The molecule has 0 aliphatic rings. The number of furan rings is 2. The first kappa shape index (κ1) is 29.1. The quantitative estimate of drug-likeness (QED) is 0.181. The molecule has 0 unspecified atom stereocenters. The van der Waals surface area contributed by atoms with E-state index >= 15 is 0 Å². The van der Waals surface area contributed by atoms with Crippen LogP contribution in [0.4, 0.5) is 17.1 Å². The maximum atomic E-state index is 6.85. The van der Waals surface area contributed by atoms with Crippen LogP contribution in [0.2, 0.25) is 0 Å². The SMILES string of the molecule is c1ccc(-c2ccc3oc4ccccc4c3c2N(c2cccc3c2oc2ccccc23)c2ccc(-c3ccccc3)c3sc4ccccc4c23)cc1. The normalized spacial score (nSPS) is 11.8. The zero-order valence-corrected chi connectivity index (χ0v) is 28.7. The van der Waals surface area contributed by atoms with E-state index in [1.165, 1.54) is 31.3 Å². The highest BCUT2D eigenvalue weighted by atomic mass is 32.1. The number of nitrogens with zero attached hydrogens (tertiary/aromatic N) is 1. The van der Waals surface area contributed by atoms with Crippen LogP contribution in [0.15, 0.2) is 185 Å². The predicted molar refractivity (Wildman–Crippen MR) is 219 cm³/mol. The van der Waals surface area contributed by atoms with E-state index in [4.69, 9.17) is 8.83 Å². The molecule has 0 amide bonds. The van der Waals surface area contributed by atoms with Crippen molar-refractivity contribution >= 4 is 92.4 Å². The zero-order valence-electron chi connectivity index (χ0n) is 27.9. The summed E-state index contributed by atoms with van der Waals surface area (Å²) in [4.78, 5) is 2.45. The van der Waals surface area contributed by atoms with Gasteiger partial charge in [-0.05, 0) is 59.2 Å². The number of hydrogen-bond donors (Lipinski definition) is 0. The van der Waals surface area contributed by atoms with Crippen LogP contribution in [0.5, 0.6) is 0 Å². The summed E-state index contributed by atoms with van der Waals surface area (Å²) >= 11 is 1.85. The number of anilines is 3. The molecule has 0 N–H and O–H groups in total. The van der Waals surface area contributed by atoms with Crippen molar-refractivity contribution in [2.45, 2.75) is 0 Å². The highest BCUT2D eigenvalue weighted by Gasteiger charge is 2.29. The van der Waals surface area contributed by atoms with Crippen molar-refractivity contribution in [1.82, 2.24) is 0 Å². The highest BCUT2D eigenvalue weighted by Crippen LogP contribution is 2.54. The van der Waals surface area contributed by atoms with E-state index in [1.807, 2.05) is 23.5 Å². The minimum atomic E-state index is 0.838. The summed E-state index contributed by atoms with van der Waals surface area (Å²) in [5, 5.41) is 6.74. The van der Waals surface area contributed by atoms with Crippen LogP contribution in [-0.4, -0.2) is 0 Å². The summed E-state index contributed by atoms with van der Waals surface area (Å²) in [5.74, 6) is 0. The fourth-order valence-electron chi connectivity index (χ4n) is 8.00. The van der Waals surface area contributed by atoms with Crippen LogP contribution < -0.4 is 4.90 Å². The van der Waals surface area contributed by atoms with E-state index in [9.17, 15) is 0 Å². The van der Waals surface area contributed by atoms with Gasteiger partial charge in [0.2, 0.25) is 0 Å². The largest absolute Gasteiger partial charge is 0.456 e. The molecule has 0 saturated carbocycles. The molecule has 0 bridgehead atoms. The molecule has 3 aromatic heterocycles. The van der Waals surface area contributed by atoms with Gasteiger partial charge in [0.25, 0.3) is 0 Å². The first-order chi connectivity index (χ1) is 25.8. The lowest BCUT2D eigenvalue weighted by Crippen LogP contribution is -2.12. The van der Waals surface area contributed by atoms with Gasteiger partial charge in [-0.2, -0.15) is 0 Å². The molecule has 11 rings (SSSR count). The third kappa shape index (κ3) is 4.31. The Morgan fingerprint density at radius 2 is 1.00 bits per heavy atom. The number of para-hydroxylation sites is 3. The third-order valence-corrected chi connectivity index (χ3v) is 11.5. The lowest BCUT2D eigenvalue weighted by atomic mass is 9.96. The first-order valence-electron chi connectivity index (χ1n) is 17.5. The highest BCUT2D eigenvalue weighted by molar-refractivity contribution is 7.26. The van der Waals surface area contributed by atoms with Crippen LogP contribution in [0.1, 0.15) is 0 Å². The maximum absolute atomic E-state index is 6.85. The Balaban J connectivity index is 1.35. The van der Waals surface area contributed by atoms with Crippen LogP contribution in [0.25, 0.3) is 86.3 Å². The Hall–Kier alpha value is -6.62. The third-order valence-electron chi connectivity index (χ3n) is 10.3. The van der Waals surface area contributed by atoms with Gasteiger partial charge in [0.15, 0.2) is 5.58 Å². The van der Waals surface area contributed by atoms with E-state index in [1.54, 1.807) is 0 Å². The summed E-state index contributed by atoms with van der Waals surface area (Å²) in [6.45, 7) is 0. The Labute approximate surface area is 303 Å². The Bertz CT molecular complexity index is 3130. The number of benzene rings is 8. The molecule has 0 saturated heterocycles. The average Bonchev–Trinajstić information content (AvgIpc) is 3.91. The molecule has 244 valence electrons. The topological polar surface area (TPSA) is 29.5 Å². The van der Waals surface area contributed by atoms with Crippen molar-refractivity contribution < 1.29 is 8.83 Å². The Morgan fingerprint density at radius 3 is 1.79 bits per heavy atom. The molecular weight excluding hydrogens is 655 g/mol. The predicted octanol–water partition coefficient (Wildman–Crippen LogP) is 14.7. The monoisotopic (exact) mass is 683 g/mol. The molecule has 11 aromatic rings. The molecule has 0 atom stereocenters. The van der Waals surface area contributed by atoms with Gasteiger partial charge in [0, 0.05) is 41.9 Å². The Morgan fingerprint density at radius 1 is 0.385 bits per heavy atom. The molecule has 4 heteroatoms. The molecule has 3 heterocycles. The second kappa shape index (κ2) is 11.5. The van der Waals surface area contributed by atoms with E-state index in [0.717, 1.165) is 72.1 Å². The minimum Gasteiger partial charge on any atom is -0.456 e. The summed E-state index contributed by atoms with van der Waals surface area (Å²) in [6, 6.07) is 62.4. The first-order valence-corrected chi connectivity index (χ1v) is 18.3. The molecule has 0 radical (unpaired) electrons. The van der Waals surface area contributed by atoms with Gasteiger partial charge < -0.3 is 13.7 Å². The van der Waals surface area contributed by atoms with Crippen LogP contribution >= 0.6 is 11.3 Å². The van der Waals surface area contributed by atoms with Crippen molar-refractivity contribution in [2.24, 2.45) is 0 Å². The summed E-state index contributed by atoms with van der Waals surface area (Å²) in [7, 11) is 0. The fourth-order valence-corrected chi connectivity index (χ4v) is 9.26. The molecule has 52 heavy (non-hydrogen) atoms. The molecule has 0 fully saturated rings. The summed E-state index contributed by atoms with van der Waals surface area (Å²) in [5.41, 5.74) is 11.1. The van der Waals surface area contributed by atoms with Crippen molar-refractivity contribution in [3.8, 4) is 22.3 Å². The second-order valence-electron chi connectivity index (χ2n) is 13.2. The average molecular weight is 684 g/mol. The Kier molecular flexibility index (Phi) is 6.42. The van der Waals surface area contributed by atoms with Crippen LogP contribution in [-0.2, 0) is 0 Å². The lowest BCUT2D eigenvalue weighted by molar-refractivity contribution is 0.668. The zero-order chi connectivity index (χ0) is 34.2. The number of rotatable bonds is 5. The van der Waals surface area contributed by atoms with E-state index < -0.39 is 0 Å². The molecule has 0 aliphatic heterocycles. The van der Waals surface area contributed by atoms with Crippen LogP contribution in [0.3, 0.4) is 0 Å². The van der Waals surface area contributed by atoms with Gasteiger partial charge in [-0.25, -0.2) is 0 Å². The van der Waals surface area contributed by atoms with Gasteiger partial charge in [-0.3, -0.25) is 0 Å². The molecular formula is C48H29NO2S. The molecule has 3 nitrogen and oxygen atoms in total. The van der Waals surface area contributed by atoms with E-state index in [-0.39, 0.29) is 0 Å². The van der Waals surface area contributed by atoms with Crippen molar-refractivity contribution in [2.75, 3.05) is 4.90 Å². The minimum absolute atomic E-state index is 0.838. The summed E-state index contributed by atoms with van der Waals surface area (Å²) in [6.07, 6.45) is 0. The van der Waals surface area contributed by atoms with E-state index in [2.05, 4.69) is 169 Å². The maximum Gasteiger partial charge on any atom is 0.159 e. The second-order valence-corrected chi connectivity index (χ2v) is 14.2. The lowest BCUT2D eigenvalue weighted by Gasteiger charge is -2.30. The van der Waals surface area contributed by atoms with Crippen molar-refractivity contribution in [1.29, 1.82) is 0 Å². The fraction of sp³-hybridized carbons (Fsp3) is 0. The smallest absolute Gasteiger partial charge is 0.159 e. The van der Waals surface area contributed by atoms with Crippen LogP contribution in [0, 0.1) is 0 Å². The standard InChI is InChI=1S/C48H29NO2S/c1-3-14-30(15-4-1)32-27-29-42-45(36-19-8-11-24-41(36)50-42)46(32)49(39-22-13-21-35-34-18-7-10-23-40(34)51-47(35)39)38-28-26-33(31-16-5-2-6-17-31)48-44(38)37-20-9-12-25-43(37)52-48/h1-29H. The van der Waals surface area contributed by atoms with Gasteiger partial charge in [0.05, 0.1) is 22.4 Å². The van der Waals surface area contributed by atoms with Gasteiger partial charge >= 0.3 is 0 Å². The van der Waals surface area contributed by atoms with E-state index in [0.29, 0.717) is 0 Å². The molecule has 0 aliphatic carbocycles. The molecule has 0 spiro atoms. The molecule has 8 aromatic carbocycles. The van der Waals surface area contributed by atoms with Gasteiger partial charge in [0.1, 0.15) is 16.7 Å². The summed E-state index contributed by atoms with van der Waals surface area (Å²) < 4.78 is 16.0. The number of hydrogen-bond acceptors (Lipinski definition) is 4. The van der Waals surface area contributed by atoms with Crippen molar-refractivity contribution in [3.05, 3.63) is 176 Å². The number of thiophene rings is 1.